The lowest BCUT2D eigenvalue weighted by Crippen LogP contribution is -2.40. The molecule has 0 aliphatic heterocycles. The van der Waals surface area contributed by atoms with Gasteiger partial charge in [0.05, 0.1) is 13.2 Å². The van der Waals surface area contributed by atoms with Crippen molar-refractivity contribution in [1.29, 1.82) is 0 Å². The van der Waals surface area contributed by atoms with Crippen LogP contribution in [0.5, 0.6) is 5.75 Å². The zero-order valence-electron chi connectivity index (χ0n) is 12.9. The highest BCUT2D eigenvalue weighted by molar-refractivity contribution is 5.39. The van der Waals surface area contributed by atoms with Crippen molar-refractivity contribution in [3.63, 3.8) is 0 Å². The first-order valence-electron chi connectivity index (χ1n) is 7.18. The Balaban J connectivity index is 2.93. The second kappa shape index (κ2) is 8.25. The van der Waals surface area contributed by atoms with Crippen molar-refractivity contribution in [2.45, 2.75) is 39.3 Å². The first kappa shape index (κ1) is 17.0. The van der Waals surface area contributed by atoms with Gasteiger partial charge in [-0.05, 0) is 37.9 Å². The van der Waals surface area contributed by atoms with Crippen molar-refractivity contribution >= 4 is 0 Å². The summed E-state index contributed by atoms with van der Waals surface area (Å²) in [6.07, 6.45) is 0.0458. The van der Waals surface area contributed by atoms with Gasteiger partial charge in [0.15, 0.2) is 0 Å². The van der Waals surface area contributed by atoms with Crippen LogP contribution in [0.3, 0.4) is 0 Å². The fourth-order valence-corrected chi connectivity index (χ4v) is 2.34. The number of aliphatic hydroxyl groups excluding tert-OH is 2. The number of rotatable bonds is 8. The van der Waals surface area contributed by atoms with Crippen molar-refractivity contribution in [3.05, 3.63) is 29.3 Å². The molecule has 2 unspecified atom stereocenters. The largest absolute Gasteiger partial charge is 0.496 e. The number of benzene rings is 1. The minimum Gasteiger partial charge on any atom is -0.496 e. The fourth-order valence-electron chi connectivity index (χ4n) is 2.34. The molecule has 1 aromatic rings. The van der Waals surface area contributed by atoms with Crippen molar-refractivity contribution in [2.75, 3.05) is 20.3 Å². The van der Waals surface area contributed by atoms with E-state index in [-0.39, 0.29) is 18.6 Å². The number of methoxy groups -OCH3 is 1. The third-order valence-corrected chi connectivity index (χ3v) is 3.48. The lowest BCUT2D eigenvalue weighted by molar-refractivity contribution is 0.101. The molecule has 0 aliphatic carbocycles. The maximum atomic E-state index is 10.7. The summed E-state index contributed by atoms with van der Waals surface area (Å²) in [7, 11) is 1.62. The van der Waals surface area contributed by atoms with E-state index in [0.717, 1.165) is 11.1 Å². The summed E-state index contributed by atoms with van der Waals surface area (Å²) in [5, 5.41) is 22.9. The van der Waals surface area contributed by atoms with Crippen molar-refractivity contribution in [1.82, 2.24) is 5.32 Å². The molecule has 0 aliphatic rings. The lowest BCUT2D eigenvalue weighted by Gasteiger charge is -2.29. The molecule has 114 valence electrons. The Bertz CT molecular complexity index is 407. The SMILES string of the molecule is COc1ccc(C)cc1C(O)C(NCCCO)C(C)C. The van der Waals surface area contributed by atoms with E-state index in [1.807, 2.05) is 25.1 Å². The van der Waals surface area contributed by atoms with Crippen LogP contribution in [0.2, 0.25) is 0 Å². The molecule has 0 amide bonds. The van der Waals surface area contributed by atoms with Gasteiger partial charge < -0.3 is 20.3 Å². The summed E-state index contributed by atoms with van der Waals surface area (Å²) < 4.78 is 5.35. The first-order chi connectivity index (χ1) is 9.51. The number of aryl methyl sites for hydroxylation is 1. The van der Waals surface area contributed by atoms with E-state index in [1.165, 1.54) is 0 Å². The molecule has 0 radical (unpaired) electrons. The quantitative estimate of drug-likeness (QED) is 0.638. The molecule has 0 heterocycles. The Labute approximate surface area is 121 Å². The van der Waals surface area contributed by atoms with Crippen LogP contribution in [-0.4, -0.2) is 36.5 Å². The minimum absolute atomic E-state index is 0.0720. The van der Waals surface area contributed by atoms with Gasteiger partial charge in [0, 0.05) is 18.2 Å². The molecule has 0 aromatic heterocycles. The molecule has 0 bridgehead atoms. The van der Waals surface area contributed by atoms with E-state index in [9.17, 15) is 5.11 Å². The molecule has 20 heavy (non-hydrogen) atoms. The Kier molecular flexibility index (Phi) is 6.99. The van der Waals surface area contributed by atoms with E-state index >= 15 is 0 Å². The van der Waals surface area contributed by atoms with Crippen LogP contribution in [-0.2, 0) is 0 Å². The number of ether oxygens (including phenoxy) is 1. The van der Waals surface area contributed by atoms with Gasteiger partial charge in [-0.1, -0.05) is 25.5 Å². The number of nitrogens with one attached hydrogen (secondary N) is 1. The van der Waals surface area contributed by atoms with Crippen molar-refractivity contribution < 1.29 is 14.9 Å². The molecule has 4 nitrogen and oxygen atoms in total. The molecule has 1 rings (SSSR count). The Morgan fingerprint density at radius 3 is 2.55 bits per heavy atom. The van der Waals surface area contributed by atoms with Crippen LogP contribution >= 0.6 is 0 Å². The number of hydrogen-bond acceptors (Lipinski definition) is 4. The molecular weight excluding hydrogens is 254 g/mol. The molecule has 3 N–H and O–H groups in total. The van der Waals surface area contributed by atoms with Crippen LogP contribution in [0.4, 0.5) is 0 Å². The number of aliphatic hydroxyl groups is 2. The minimum atomic E-state index is -0.636. The highest BCUT2D eigenvalue weighted by atomic mass is 16.5. The van der Waals surface area contributed by atoms with Crippen LogP contribution in [0.1, 0.15) is 37.5 Å². The zero-order chi connectivity index (χ0) is 15.1. The van der Waals surface area contributed by atoms with Crippen molar-refractivity contribution in [3.8, 4) is 5.75 Å². The van der Waals surface area contributed by atoms with E-state index in [0.29, 0.717) is 18.7 Å². The Hall–Kier alpha value is -1.10. The summed E-state index contributed by atoms with van der Waals surface area (Å²) in [5.41, 5.74) is 1.90. The van der Waals surface area contributed by atoms with Crippen LogP contribution < -0.4 is 10.1 Å². The standard InChI is InChI=1S/C16H27NO3/c1-11(2)15(17-8-5-9-18)16(19)13-10-12(3)6-7-14(13)20-4/h6-7,10-11,15-19H,5,8-9H2,1-4H3. The van der Waals surface area contributed by atoms with E-state index in [4.69, 9.17) is 9.84 Å². The number of hydrogen-bond donors (Lipinski definition) is 3. The highest BCUT2D eigenvalue weighted by Crippen LogP contribution is 2.30. The summed E-state index contributed by atoms with van der Waals surface area (Å²) in [6, 6.07) is 5.75. The molecule has 0 saturated carbocycles. The van der Waals surface area contributed by atoms with E-state index in [2.05, 4.69) is 19.2 Å². The van der Waals surface area contributed by atoms with E-state index in [1.54, 1.807) is 7.11 Å². The maximum Gasteiger partial charge on any atom is 0.124 e. The Morgan fingerprint density at radius 2 is 2.00 bits per heavy atom. The lowest BCUT2D eigenvalue weighted by atomic mass is 9.92. The van der Waals surface area contributed by atoms with Gasteiger partial charge in [-0.3, -0.25) is 0 Å². The topological polar surface area (TPSA) is 61.7 Å². The molecule has 4 heteroatoms. The van der Waals surface area contributed by atoms with Crippen LogP contribution in [0.25, 0.3) is 0 Å². The molecule has 2 atom stereocenters. The molecule has 0 saturated heterocycles. The van der Waals surface area contributed by atoms with Gasteiger partial charge in [-0.25, -0.2) is 0 Å². The normalized spacial score (nSPS) is 14.3. The molecular formula is C16H27NO3. The second-order valence-corrected chi connectivity index (χ2v) is 5.49. The smallest absolute Gasteiger partial charge is 0.124 e. The molecule has 0 fully saturated rings. The third-order valence-electron chi connectivity index (χ3n) is 3.48. The molecule has 0 spiro atoms. The highest BCUT2D eigenvalue weighted by Gasteiger charge is 2.26. The summed E-state index contributed by atoms with van der Waals surface area (Å²) in [5.74, 6) is 0.978. The van der Waals surface area contributed by atoms with E-state index < -0.39 is 6.10 Å². The van der Waals surface area contributed by atoms with Gasteiger partial charge in [0.1, 0.15) is 5.75 Å². The maximum absolute atomic E-state index is 10.7. The Morgan fingerprint density at radius 1 is 1.30 bits per heavy atom. The van der Waals surface area contributed by atoms with Gasteiger partial charge in [-0.15, -0.1) is 0 Å². The van der Waals surface area contributed by atoms with Gasteiger partial charge in [0.2, 0.25) is 0 Å². The second-order valence-electron chi connectivity index (χ2n) is 5.49. The summed E-state index contributed by atoms with van der Waals surface area (Å²) in [4.78, 5) is 0. The van der Waals surface area contributed by atoms with Crippen LogP contribution in [0.15, 0.2) is 18.2 Å². The first-order valence-corrected chi connectivity index (χ1v) is 7.18. The fraction of sp³-hybridized carbons (Fsp3) is 0.625. The molecule has 1 aromatic carbocycles. The van der Waals surface area contributed by atoms with Gasteiger partial charge >= 0.3 is 0 Å². The predicted octanol–water partition coefficient (Wildman–Crippen LogP) is 2.03. The average molecular weight is 281 g/mol. The summed E-state index contributed by atoms with van der Waals surface area (Å²) in [6.45, 7) is 6.98. The van der Waals surface area contributed by atoms with Gasteiger partial charge in [0.25, 0.3) is 0 Å². The van der Waals surface area contributed by atoms with Crippen molar-refractivity contribution in [2.24, 2.45) is 5.92 Å². The average Bonchev–Trinajstić information content (AvgIpc) is 2.42. The monoisotopic (exact) mass is 281 g/mol. The van der Waals surface area contributed by atoms with Gasteiger partial charge in [-0.2, -0.15) is 0 Å². The van der Waals surface area contributed by atoms with Crippen LogP contribution in [0, 0.1) is 12.8 Å². The summed E-state index contributed by atoms with van der Waals surface area (Å²) >= 11 is 0. The third kappa shape index (κ3) is 4.47. The zero-order valence-corrected chi connectivity index (χ0v) is 12.9. The predicted molar refractivity (Wildman–Crippen MR) is 81.0 cm³/mol.